The average molecular weight is 228 g/mol. The van der Waals surface area contributed by atoms with E-state index >= 15 is 0 Å². The fourth-order valence-corrected chi connectivity index (χ4v) is 1.23. The van der Waals surface area contributed by atoms with Crippen LogP contribution in [0.25, 0.3) is 0 Å². The highest BCUT2D eigenvalue weighted by Gasteiger charge is 2.21. The van der Waals surface area contributed by atoms with Crippen molar-refractivity contribution in [1.82, 2.24) is 0 Å². The van der Waals surface area contributed by atoms with Gasteiger partial charge in [0.1, 0.15) is 19.3 Å². The van der Waals surface area contributed by atoms with E-state index in [1.54, 1.807) is 0 Å². The van der Waals surface area contributed by atoms with Gasteiger partial charge < -0.3 is 15.3 Å². The normalized spacial score (nSPS) is 14.7. The third-order valence-electron chi connectivity index (χ3n) is 2.26. The number of quaternary nitrogens is 1. The first-order chi connectivity index (χ1) is 7.77. The van der Waals surface area contributed by atoms with Crippen molar-refractivity contribution < 1.29 is 25.6 Å². The van der Waals surface area contributed by atoms with Crippen molar-refractivity contribution in [1.29, 1.82) is 0 Å². The fraction of sp³-hybridized carbons (Fsp3) is 0.455. The lowest BCUT2D eigenvalue weighted by Crippen LogP contribution is -2.92. The number of hydroxylamine groups is 1. The summed E-state index contributed by atoms with van der Waals surface area (Å²) in [4.78, 5) is 5.24. The van der Waals surface area contributed by atoms with Crippen molar-refractivity contribution in [3.8, 4) is 0 Å². The van der Waals surface area contributed by atoms with Crippen LogP contribution >= 0.6 is 0 Å². The first kappa shape index (κ1) is 13.1. The zero-order valence-corrected chi connectivity index (χ0v) is 8.99. The summed E-state index contributed by atoms with van der Waals surface area (Å²) in [6.07, 6.45) is -0.985. The Bertz CT molecular complexity index is 281. The molecule has 5 heteroatoms. The lowest BCUT2D eigenvalue weighted by atomic mass is 10.2. The van der Waals surface area contributed by atoms with Crippen molar-refractivity contribution in [2.75, 3.05) is 13.2 Å². The van der Waals surface area contributed by atoms with Gasteiger partial charge in [0, 0.05) is 0 Å². The minimum Gasteiger partial charge on any atom is -0.393 e. The molecular formula is C11H18NO4+. The molecule has 0 saturated carbocycles. The Morgan fingerprint density at radius 3 is 2.38 bits per heavy atom. The van der Waals surface area contributed by atoms with E-state index in [2.05, 4.69) is 0 Å². The molecule has 0 aliphatic heterocycles. The van der Waals surface area contributed by atoms with Gasteiger partial charge in [0.2, 0.25) is 0 Å². The van der Waals surface area contributed by atoms with E-state index in [0.717, 1.165) is 5.56 Å². The smallest absolute Gasteiger partial charge is 0.167 e. The Labute approximate surface area is 94.3 Å². The highest BCUT2D eigenvalue weighted by molar-refractivity contribution is 5.13. The van der Waals surface area contributed by atoms with E-state index in [1.165, 1.54) is 5.48 Å². The molecule has 1 aromatic rings. The van der Waals surface area contributed by atoms with Crippen LogP contribution in [0, 0.1) is 0 Å². The summed E-state index contributed by atoms with van der Waals surface area (Å²) in [7, 11) is 0. The zero-order chi connectivity index (χ0) is 11.8. The molecule has 0 fully saturated rings. The van der Waals surface area contributed by atoms with Gasteiger partial charge in [0.25, 0.3) is 0 Å². The van der Waals surface area contributed by atoms with Crippen molar-refractivity contribution in [3.63, 3.8) is 0 Å². The van der Waals surface area contributed by atoms with Gasteiger partial charge >= 0.3 is 0 Å². The largest absolute Gasteiger partial charge is 0.393 e. The minimum atomic E-state index is -0.985. The second kappa shape index (κ2) is 7.32. The van der Waals surface area contributed by atoms with Crippen LogP contribution in [0.1, 0.15) is 5.56 Å². The van der Waals surface area contributed by atoms with Crippen molar-refractivity contribution in [2.45, 2.75) is 18.8 Å². The van der Waals surface area contributed by atoms with Gasteiger partial charge in [-0.2, -0.15) is 5.48 Å². The maximum atomic E-state index is 9.29. The van der Waals surface area contributed by atoms with Gasteiger partial charge in [-0.1, -0.05) is 30.3 Å². The Morgan fingerprint density at radius 1 is 1.12 bits per heavy atom. The third-order valence-corrected chi connectivity index (χ3v) is 2.26. The second-order valence-corrected chi connectivity index (χ2v) is 3.53. The maximum Gasteiger partial charge on any atom is 0.167 e. The first-order valence-corrected chi connectivity index (χ1v) is 5.16. The molecule has 0 spiro atoms. The van der Waals surface area contributed by atoms with Crippen LogP contribution in [-0.4, -0.2) is 40.7 Å². The van der Waals surface area contributed by atoms with Gasteiger partial charge in [-0.15, -0.1) is 0 Å². The number of aliphatic hydroxyl groups is 3. The molecule has 0 aliphatic rings. The van der Waals surface area contributed by atoms with Gasteiger partial charge in [0.15, 0.2) is 6.04 Å². The minimum absolute atomic E-state index is 0.253. The van der Waals surface area contributed by atoms with Gasteiger partial charge in [-0.25, -0.2) is 4.84 Å². The lowest BCUT2D eigenvalue weighted by Gasteiger charge is -2.15. The fourth-order valence-electron chi connectivity index (χ4n) is 1.23. The number of hydrogen-bond donors (Lipinski definition) is 4. The Kier molecular flexibility index (Phi) is 5.99. The average Bonchev–Trinajstić information content (AvgIpc) is 2.35. The van der Waals surface area contributed by atoms with Crippen LogP contribution in [0.15, 0.2) is 30.3 Å². The van der Waals surface area contributed by atoms with Gasteiger partial charge in [-0.3, -0.25) is 0 Å². The molecule has 90 valence electrons. The molecule has 0 aliphatic carbocycles. The van der Waals surface area contributed by atoms with Crippen LogP contribution in [0.2, 0.25) is 0 Å². The summed E-state index contributed by atoms with van der Waals surface area (Å²) in [5.74, 6) is 0. The lowest BCUT2D eigenvalue weighted by molar-refractivity contribution is -0.925. The van der Waals surface area contributed by atoms with E-state index in [1.807, 2.05) is 30.3 Å². The molecule has 1 aromatic carbocycles. The summed E-state index contributed by atoms with van der Waals surface area (Å²) in [6.45, 7) is -0.261. The van der Waals surface area contributed by atoms with E-state index in [4.69, 9.17) is 15.1 Å². The van der Waals surface area contributed by atoms with Crippen LogP contribution in [-0.2, 0) is 11.4 Å². The van der Waals surface area contributed by atoms with E-state index < -0.39 is 18.8 Å². The van der Waals surface area contributed by atoms with E-state index in [0.29, 0.717) is 6.61 Å². The molecular weight excluding hydrogens is 210 g/mol. The Balaban J connectivity index is 2.28. The molecule has 2 atom stereocenters. The summed E-state index contributed by atoms with van der Waals surface area (Å²) in [5.41, 5.74) is 2.38. The van der Waals surface area contributed by atoms with Gasteiger partial charge in [-0.05, 0) is 5.56 Å². The molecule has 1 rings (SSSR count). The standard InChI is InChI=1S/C11H17NO4/c13-6-10(11(15)7-14)12-16-8-9-4-2-1-3-5-9/h1-5,10-15H,6-8H2/p+1/t10-,11-/m0/s1. The molecule has 0 unspecified atom stereocenters. The molecule has 5 nitrogen and oxygen atoms in total. The topological polar surface area (TPSA) is 86.5 Å². The molecule has 0 saturated heterocycles. The number of rotatable bonds is 7. The quantitative estimate of drug-likeness (QED) is 0.423. The highest BCUT2D eigenvalue weighted by atomic mass is 16.6. The number of benzene rings is 1. The molecule has 0 radical (unpaired) electrons. The number of nitrogens with two attached hydrogens (primary N) is 1. The molecule has 0 aromatic heterocycles. The molecule has 16 heavy (non-hydrogen) atoms. The van der Waals surface area contributed by atoms with E-state index in [-0.39, 0.29) is 6.61 Å². The summed E-state index contributed by atoms with van der Waals surface area (Å²) < 4.78 is 0. The SMILES string of the molecule is OC[C@H]([NH2+]OCc1ccccc1)[C@@H](O)CO. The molecule has 0 amide bonds. The highest BCUT2D eigenvalue weighted by Crippen LogP contribution is 1.98. The molecule has 5 N–H and O–H groups in total. The van der Waals surface area contributed by atoms with Crippen LogP contribution in [0.4, 0.5) is 0 Å². The summed E-state index contributed by atoms with van der Waals surface area (Å²) >= 11 is 0. The predicted molar refractivity (Wildman–Crippen MR) is 57.1 cm³/mol. The van der Waals surface area contributed by atoms with Crippen molar-refractivity contribution in [3.05, 3.63) is 35.9 Å². The van der Waals surface area contributed by atoms with Crippen LogP contribution < -0.4 is 5.48 Å². The van der Waals surface area contributed by atoms with Crippen molar-refractivity contribution >= 4 is 0 Å². The maximum absolute atomic E-state index is 9.29. The third kappa shape index (κ3) is 4.26. The first-order valence-electron chi connectivity index (χ1n) is 5.16. The van der Waals surface area contributed by atoms with E-state index in [9.17, 15) is 5.11 Å². The Morgan fingerprint density at radius 2 is 1.81 bits per heavy atom. The second-order valence-electron chi connectivity index (χ2n) is 3.53. The van der Waals surface area contributed by atoms with Crippen molar-refractivity contribution in [2.24, 2.45) is 0 Å². The summed E-state index contributed by atoms with van der Waals surface area (Å²) in [6, 6.07) is 9.01. The molecule has 0 bridgehead atoms. The Hall–Kier alpha value is -0.980. The van der Waals surface area contributed by atoms with Crippen LogP contribution in [0.3, 0.4) is 0 Å². The zero-order valence-electron chi connectivity index (χ0n) is 8.99. The molecule has 0 heterocycles. The van der Waals surface area contributed by atoms with Gasteiger partial charge in [0.05, 0.1) is 6.61 Å². The summed E-state index contributed by atoms with van der Waals surface area (Å²) in [5, 5.41) is 27.0. The number of aliphatic hydroxyl groups excluding tert-OH is 3. The number of hydrogen-bond acceptors (Lipinski definition) is 4. The van der Waals surface area contributed by atoms with Crippen LogP contribution in [0.5, 0.6) is 0 Å². The monoisotopic (exact) mass is 228 g/mol. The predicted octanol–water partition coefficient (Wildman–Crippen LogP) is -1.60.